The lowest BCUT2D eigenvalue weighted by atomic mass is 10.1. The van der Waals surface area contributed by atoms with Crippen LogP contribution in [0.2, 0.25) is 5.02 Å². The number of anilines is 1. The lowest BCUT2D eigenvalue weighted by Gasteiger charge is -2.24. The van der Waals surface area contributed by atoms with Crippen molar-refractivity contribution in [3.05, 3.63) is 39.9 Å². The van der Waals surface area contributed by atoms with Crippen LogP contribution in [0.3, 0.4) is 0 Å². The van der Waals surface area contributed by atoms with Gasteiger partial charge < -0.3 is 5.73 Å². The van der Waals surface area contributed by atoms with Crippen LogP contribution in [0.1, 0.15) is 23.5 Å². The number of nitrogens with two attached hydrogens (primary N) is 1. The molecule has 1 heterocycles. The van der Waals surface area contributed by atoms with E-state index in [0.717, 1.165) is 15.6 Å². The summed E-state index contributed by atoms with van der Waals surface area (Å²) >= 11 is 7.61. The monoisotopic (exact) mass is 282 g/mol. The highest BCUT2D eigenvalue weighted by Crippen LogP contribution is 2.27. The molecule has 0 saturated carbocycles. The fourth-order valence-electron chi connectivity index (χ4n) is 1.73. The van der Waals surface area contributed by atoms with Gasteiger partial charge in [-0.05, 0) is 25.6 Å². The first-order valence-electron chi connectivity index (χ1n) is 5.60. The summed E-state index contributed by atoms with van der Waals surface area (Å²) in [5.74, 6) is 0. The van der Waals surface area contributed by atoms with Crippen LogP contribution in [0.15, 0.2) is 24.3 Å². The van der Waals surface area contributed by atoms with Crippen molar-refractivity contribution in [3.8, 4) is 0 Å². The van der Waals surface area contributed by atoms with Gasteiger partial charge in [0.05, 0.1) is 6.54 Å². The van der Waals surface area contributed by atoms with Crippen LogP contribution in [-0.2, 0) is 6.54 Å². The lowest BCUT2D eigenvalue weighted by Crippen LogP contribution is -2.22. The molecule has 4 nitrogen and oxygen atoms in total. The second kappa shape index (κ2) is 5.65. The van der Waals surface area contributed by atoms with E-state index in [1.807, 2.05) is 31.3 Å². The average Bonchev–Trinajstić information content (AvgIpc) is 2.74. The van der Waals surface area contributed by atoms with Gasteiger partial charge in [0.25, 0.3) is 0 Å². The Morgan fingerprint density at radius 2 is 2.11 bits per heavy atom. The maximum absolute atomic E-state index is 6.20. The SMILES string of the molecule is CC(c1ccccc1Cl)N(C)Cc1nnc(N)s1. The summed E-state index contributed by atoms with van der Waals surface area (Å²) in [7, 11) is 2.03. The maximum atomic E-state index is 6.20. The Labute approximate surface area is 115 Å². The topological polar surface area (TPSA) is 55.0 Å². The normalized spacial score (nSPS) is 12.9. The quantitative estimate of drug-likeness (QED) is 0.937. The molecule has 0 saturated heterocycles. The fourth-order valence-corrected chi connectivity index (χ4v) is 2.70. The van der Waals surface area contributed by atoms with E-state index in [-0.39, 0.29) is 6.04 Å². The minimum absolute atomic E-state index is 0.212. The van der Waals surface area contributed by atoms with Gasteiger partial charge in [0.2, 0.25) is 5.13 Å². The second-order valence-electron chi connectivity index (χ2n) is 4.15. The third kappa shape index (κ3) is 2.98. The molecule has 1 unspecified atom stereocenters. The number of hydrogen-bond acceptors (Lipinski definition) is 5. The van der Waals surface area contributed by atoms with Gasteiger partial charge in [-0.25, -0.2) is 0 Å². The van der Waals surface area contributed by atoms with E-state index in [2.05, 4.69) is 22.0 Å². The van der Waals surface area contributed by atoms with Crippen LogP contribution in [0.4, 0.5) is 5.13 Å². The van der Waals surface area contributed by atoms with Crippen LogP contribution in [0.25, 0.3) is 0 Å². The Kier molecular flexibility index (Phi) is 4.16. The van der Waals surface area contributed by atoms with E-state index in [9.17, 15) is 0 Å². The first kappa shape index (κ1) is 13.3. The molecule has 2 rings (SSSR count). The predicted molar refractivity (Wildman–Crippen MR) is 75.7 cm³/mol. The number of rotatable bonds is 4. The van der Waals surface area contributed by atoms with Crippen LogP contribution in [-0.4, -0.2) is 22.1 Å². The summed E-state index contributed by atoms with van der Waals surface area (Å²) in [5, 5.41) is 10.0. The third-order valence-electron chi connectivity index (χ3n) is 2.88. The molecule has 1 aromatic heterocycles. The molecule has 1 aromatic carbocycles. The molecule has 2 N–H and O–H groups in total. The van der Waals surface area contributed by atoms with Gasteiger partial charge in [0.15, 0.2) is 0 Å². The summed E-state index contributed by atoms with van der Waals surface area (Å²) in [6, 6.07) is 8.09. The van der Waals surface area contributed by atoms with Gasteiger partial charge in [-0.2, -0.15) is 0 Å². The summed E-state index contributed by atoms with van der Waals surface area (Å²) in [4.78, 5) is 2.17. The molecule has 0 aliphatic heterocycles. The van der Waals surface area contributed by atoms with Crippen molar-refractivity contribution in [2.24, 2.45) is 0 Å². The fraction of sp³-hybridized carbons (Fsp3) is 0.333. The maximum Gasteiger partial charge on any atom is 0.203 e. The van der Waals surface area contributed by atoms with Crippen molar-refractivity contribution in [2.75, 3.05) is 12.8 Å². The largest absolute Gasteiger partial charge is 0.374 e. The molecular weight excluding hydrogens is 268 g/mol. The van der Waals surface area contributed by atoms with Gasteiger partial charge in [0.1, 0.15) is 5.01 Å². The first-order valence-corrected chi connectivity index (χ1v) is 6.80. The Balaban J connectivity index is 2.09. The zero-order chi connectivity index (χ0) is 13.1. The number of benzene rings is 1. The molecule has 96 valence electrons. The van der Waals surface area contributed by atoms with Crippen molar-refractivity contribution in [2.45, 2.75) is 19.5 Å². The van der Waals surface area contributed by atoms with Gasteiger partial charge >= 0.3 is 0 Å². The summed E-state index contributed by atoms with van der Waals surface area (Å²) in [5.41, 5.74) is 6.68. The van der Waals surface area contributed by atoms with Crippen molar-refractivity contribution in [1.29, 1.82) is 0 Å². The molecule has 0 aliphatic carbocycles. The number of halogens is 1. The molecule has 0 amide bonds. The lowest BCUT2D eigenvalue weighted by molar-refractivity contribution is 0.252. The van der Waals surface area contributed by atoms with Crippen LogP contribution in [0, 0.1) is 0 Å². The standard InChI is InChI=1S/C12H15ClN4S/c1-8(9-5-3-4-6-10(9)13)17(2)7-11-15-16-12(14)18-11/h3-6,8H,7H2,1-2H3,(H2,14,16). The van der Waals surface area contributed by atoms with E-state index in [1.165, 1.54) is 11.3 Å². The van der Waals surface area contributed by atoms with Crippen molar-refractivity contribution >= 4 is 28.1 Å². The molecular formula is C12H15ClN4S. The van der Waals surface area contributed by atoms with Crippen LogP contribution >= 0.6 is 22.9 Å². The number of aromatic nitrogens is 2. The Morgan fingerprint density at radius 3 is 2.72 bits per heavy atom. The second-order valence-corrected chi connectivity index (χ2v) is 5.65. The Morgan fingerprint density at radius 1 is 1.39 bits per heavy atom. The minimum Gasteiger partial charge on any atom is -0.374 e. The van der Waals surface area contributed by atoms with Crippen molar-refractivity contribution < 1.29 is 0 Å². The highest BCUT2D eigenvalue weighted by molar-refractivity contribution is 7.15. The minimum atomic E-state index is 0.212. The Hall–Kier alpha value is -1.17. The zero-order valence-corrected chi connectivity index (χ0v) is 11.9. The van der Waals surface area contributed by atoms with E-state index in [1.54, 1.807) is 0 Å². The molecule has 2 aromatic rings. The van der Waals surface area contributed by atoms with E-state index in [0.29, 0.717) is 11.7 Å². The molecule has 6 heteroatoms. The third-order valence-corrected chi connectivity index (χ3v) is 3.96. The van der Waals surface area contributed by atoms with Gasteiger partial charge in [-0.1, -0.05) is 41.1 Å². The predicted octanol–water partition coefficient (Wildman–Crippen LogP) is 2.97. The van der Waals surface area contributed by atoms with Crippen molar-refractivity contribution in [3.63, 3.8) is 0 Å². The van der Waals surface area contributed by atoms with Crippen LogP contribution in [0.5, 0.6) is 0 Å². The average molecular weight is 283 g/mol. The van der Waals surface area contributed by atoms with E-state index >= 15 is 0 Å². The molecule has 0 spiro atoms. The number of nitrogens with zero attached hydrogens (tertiary/aromatic N) is 3. The van der Waals surface area contributed by atoms with Gasteiger partial charge in [-0.15, -0.1) is 10.2 Å². The van der Waals surface area contributed by atoms with Gasteiger partial charge in [0, 0.05) is 11.1 Å². The zero-order valence-electron chi connectivity index (χ0n) is 10.3. The Bertz CT molecular complexity index is 528. The summed E-state index contributed by atoms with van der Waals surface area (Å²) in [6.45, 7) is 2.83. The first-order chi connectivity index (χ1) is 8.58. The summed E-state index contributed by atoms with van der Waals surface area (Å²) < 4.78 is 0. The van der Waals surface area contributed by atoms with Crippen LogP contribution < -0.4 is 5.73 Å². The molecule has 0 fully saturated rings. The highest BCUT2D eigenvalue weighted by atomic mass is 35.5. The highest BCUT2D eigenvalue weighted by Gasteiger charge is 2.16. The molecule has 1 atom stereocenters. The molecule has 0 bridgehead atoms. The van der Waals surface area contributed by atoms with Crippen molar-refractivity contribution in [1.82, 2.24) is 15.1 Å². The number of hydrogen-bond donors (Lipinski definition) is 1. The molecule has 18 heavy (non-hydrogen) atoms. The van der Waals surface area contributed by atoms with E-state index in [4.69, 9.17) is 17.3 Å². The number of nitrogen functional groups attached to an aromatic ring is 1. The van der Waals surface area contributed by atoms with Gasteiger partial charge in [-0.3, -0.25) is 4.90 Å². The molecule has 0 radical (unpaired) electrons. The molecule has 0 aliphatic rings. The summed E-state index contributed by atoms with van der Waals surface area (Å²) in [6.07, 6.45) is 0. The smallest absolute Gasteiger partial charge is 0.203 e. The van der Waals surface area contributed by atoms with E-state index < -0.39 is 0 Å².